The third-order valence-electron chi connectivity index (χ3n) is 18.8. The minimum atomic E-state index is -4.96. The van der Waals surface area contributed by atoms with Gasteiger partial charge in [-0.3, -0.25) is 37.3 Å². The van der Waals surface area contributed by atoms with Crippen LogP contribution in [0.25, 0.3) is 0 Å². The number of aliphatic hydroxyl groups is 1. The minimum Gasteiger partial charge on any atom is -0.462 e. The summed E-state index contributed by atoms with van der Waals surface area (Å²) in [7, 11) is -9.92. The maximum Gasteiger partial charge on any atom is 0.472 e. The van der Waals surface area contributed by atoms with Gasteiger partial charge in [-0.25, -0.2) is 9.13 Å². The smallest absolute Gasteiger partial charge is 0.462 e. The van der Waals surface area contributed by atoms with Gasteiger partial charge < -0.3 is 33.8 Å². The molecule has 0 aromatic heterocycles. The highest BCUT2D eigenvalue weighted by Crippen LogP contribution is 2.45. The first-order valence-electron chi connectivity index (χ1n) is 41.7. The van der Waals surface area contributed by atoms with Crippen molar-refractivity contribution >= 4 is 39.5 Å². The van der Waals surface area contributed by atoms with Gasteiger partial charge in [0, 0.05) is 25.7 Å². The first-order valence-corrected chi connectivity index (χ1v) is 44.7. The molecule has 0 amide bonds. The van der Waals surface area contributed by atoms with Gasteiger partial charge in [-0.1, -0.05) is 364 Å². The molecule has 0 bridgehead atoms. The standard InChI is InChI=1S/C81H158O17P2/c1-71(2)57-49-41-33-26-20-14-10-9-11-16-24-30-38-47-55-63-81(86)98-77(68-92-79(84)62-54-46-40-32-36-44-52-60-74(7)8)70-96-100(89,90)94-66-75(82)65-93-99(87,88)95-69-76(67-91-78(83)61-53-45-37-29-23-19-18-22-28-35-43-51-59-73(5)6)97-80(85)64-56-48-39-31-25-17-13-12-15-21-27-34-42-50-58-72(3)4/h71-77,82H,9-70H2,1-8H3,(H,87,88)(H,89,90)/t75?,76-,77-/m1/s1. The van der Waals surface area contributed by atoms with Crippen LogP contribution in [0, 0.1) is 23.7 Å². The Labute approximate surface area is 613 Å². The Morgan fingerprint density at radius 3 is 0.620 bits per heavy atom. The number of carbonyl (C=O) groups excluding carboxylic acids is 4. The average Bonchev–Trinajstić information content (AvgIpc) is 1.01. The number of carbonyl (C=O) groups is 4. The summed E-state index contributed by atoms with van der Waals surface area (Å²) in [5, 5.41) is 10.6. The van der Waals surface area contributed by atoms with Crippen molar-refractivity contribution in [3.05, 3.63) is 0 Å². The molecule has 0 spiro atoms. The zero-order chi connectivity index (χ0) is 73.8. The lowest BCUT2D eigenvalue weighted by Gasteiger charge is -2.21. The Morgan fingerprint density at radius 1 is 0.250 bits per heavy atom. The van der Waals surface area contributed by atoms with Crippen molar-refractivity contribution in [3.63, 3.8) is 0 Å². The van der Waals surface area contributed by atoms with Crippen molar-refractivity contribution in [2.45, 2.75) is 433 Å². The van der Waals surface area contributed by atoms with E-state index in [2.05, 4.69) is 55.4 Å². The number of hydrogen-bond acceptors (Lipinski definition) is 15. The molecule has 0 radical (unpaired) electrons. The molecule has 0 aliphatic rings. The van der Waals surface area contributed by atoms with Crippen LogP contribution in [0.5, 0.6) is 0 Å². The number of rotatable bonds is 78. The SMILES string of the molecule is CC(C)CCCCCCCCCCCCCCCCCC(=O)O[C@H](COC(=O)CCCCCCCCCC(C)C)COP(=O)(O)OCC(O)COP(=O)(O)OC[C@@H](COC(=O)CCCCCCCCCCCCCCC(C)C)OC(=O)CCCCCCCCCCCCCCCCC(C)C. The Hall–Kier alpha value is -1.94. The van der Waals surface area contributed by atoms with Crippen LogP contribution < -0.4 is 0 Å². The molecule has 3 N–H and O–H groups in total. The second-order valence-corrected chi connectivity index (χ2v) is 34.0. The molecule has 594 valence electrons. The molecule has 19 heteroatoms. The molecule has 0 saturated carbocycles. The highest BCUT2D eigenvalue weighted by Gasteiger charge is 2.30. The van der Waals surface area contributed by atoms with E-state index >= 15 is 0 Å². The maximum atomic E-state index is 13.1. The monoisotopic (exact) mass is 1470 g/mol. The summed E-state index contributed by atoms with van der Waals surface area (Å²) >= 11 is 0. The summed E-state index contributed by atoms with van der Waals surface area (Å²) in [4.78, 5) is 73.0. The molecule has 0 aliphatic carbocycles. The van der Waals surface area contributed by atoms with Crippen LogP contribution in [0.2, 0.25) is 0 Å². The molecule has 17 nitrogen and oxygen atoms in total. The fourth-order valence-electron chi connectivity index (χ4n) is 12.4. The molecule has 0 saturated heterocycles. The van der Waals surface area contributed by atoms with Crippen LogP contribution in [-0.4, -0.2) is 96.7 Å². The topological polar surface area (TPSA) is 237 Å². The van der Waals surface area contributed by atoms with Crippen LogP contribution in [0.1, 0.15) is 415 Å². The lowest BCUT2D eigenvalue weighted by molar-refractivity contribution is -0.161. The molecule has 0 fully saturated rings. The first kappa shape index (κ1) is 98.1. The van der Waals surface area contributed by atoms with E-state index in [4.69, 9.17) is 37.0 Å². The molecule has 0 aliphatic heterocycles. The predicted molar refractivity (Wildman–Crippen MR) is 409 cm³/mol. The molecular weight excluding hydrogens is 1310 g/mol. The van der Waals surface area contributed by atoms with Crippen molar-refractivity contribution in [3.8, 4) is 0 Å². The maximum absolute atomic E-state index is 13.1. The van der Waals surface area contributed by atoms with Crippen molar-refractivity contribution < 1.29 is 80.2 Å². The Balaban J connectivity index is 5.24. The van der Waals surface area contributed by atoms with Gasteiger partial charge in [0.1, 0.15) is 19.3 Å². The van der Waals surface area contributed by atoms with Crippen molar-refractivity contribution in [1.29, 1.82) is 0 Å². The lowest BCUT2D eigenvalue weighted by Crippen LogP contribution is -2.30. The summed E-state index contributed by atoms with van der Waals surface area (Å²) in [5.41, 5.74) is 0. The minimum absolute atomic E-state index is 0.107. The fraction of sp³-hybridized carbons (Fsp3) is 0.951. The highest BCUT2D eigenvalue weighted by molar-refractivity contribution is 7.47. The van der Waals surface area contributed by atoms with E-state index in [1.54, 1.807) is 0 Å². The van der Waals surface area contributed by atoms with E-state index in [1.165, 1.54) is 212 Å². The van der Waals surface area contributed by atoms with E-state index in [0.717, 1.165) is 114 Å². The van der Waals surface area contributed by atoms with Crippen LogP contribution in [0.4, 0.5) is 0 Å². The van der Waals surface area contributed by atoms with Crippen LogP contribution in [-0.2, 0) is 65.4 Å². The number of unbranched alkanes of at least 4 members (excludes halogenated alkanes) is 44. The van der Waals surface area contributed by atoms with Crippen LogP contribution in [0.15, 0.2) is 0 Å². The second kappa shape index (κ2) is 70.1. The quantitative estimate of drug-likeness (QED) is 0.0222. The first-order chi connectivity index (χ1) is 48.1. The van der Waals surface area contributed by atoms with Crippen molar-refractivity contribution in [2.75, 3.05) is 39.6 Å². The fourth-order valence-corrected chi connectivity index (χ4v) is 14.0. The van der Waals surface area contributed by atoms with Gasteiger partial charge in [0.25, 0.3) is 0 Å². The molecule has 0 aromatic rings. The molecule has 3 unspecified atom stereocenters. The van der Waals surface area contributed by atoms with Gasteiger partial charge in [-0.2, -0.15) is 0 Å². The molecule has 5 atom stereocenters. The van der Waals surface area contributed by atoms with Gasteiger partial charge in [0.2, 0.25) is 0 Å². The number of esters is 4. The zero-order valence-corrected chi connectivity index (χ0v) is 67.6. The highest BCUT2D eigenvalue weighted by atomic mass is 31.2. The Bertz CT molecular complexity index is 1950. The zero-order valence-electron chi connectivity index (χ0n) is 65.8. The van der Waals surface area contributed by atoms with Gasteiger partial charge in [-0.05, 0) is 49.4 Å². The van der Waals surface area contributed by atoms with Gasteiger partial charge >= 0.3 is 39.5 Å². The van der Waals surface area contributed by atoms with Crippen molar-refractivity contribution in [1.82, 2.24) is 0 Å². The predicted octanol–water partition coefficient (Wildman–Crippen LogP) is 24.0. The van der Waals surface area contributed by atoms with E-state index in [-0.39, 0.29) is 25.7 Å². The number of phosphoric ester groups is 2. The summed E-state index contributed by atoms with van der Waals surface area (Å²) in [5.74, 6) is 0.971. The molecule has 0 heterocycles. The number of ether oxygens (including phenoxy) is 4. The lowest BCUT2D eigenvalue weighted by atomic mass is 10.0. The molecule has 0 rings (SSSR count). The van der Waals surface area contributed by atoms with Gasteiger partial charge in [0.15, 0.2) is 12.2 Å². The van der Waals surface area contributed by atoms with Crippen molar-refractivity contribution in [2.24, 2.45) is 23.7 Å². The third kappa shape index (κ3) is 74.3. The van der Waals surface area contributed by atoms with Gasteiger partial charge in [0.05, 0.1) is 26.4 Å². The summed E-state index contributed by atoms with van der Waals surface area (Å²) in [6, 6.07) is 0. The van der Waals surface area contributed by atoms with E-state index in [9.17, 15) is 43.2 Å². The number of phosphoric acid groups is 2. The summed E-state index contributed by atoms with van der Waals surface area (Å²) in [6.07, 6.45) is 56.9. The summed E-state index contributed by atoms with van der Waals surface area (Å²) < 4.78 is 68.7. The molecule has 100 heavy (non-hydrogen) atoms. The van der Waals surface area contributed by atoms with Crippen LogP contribution in [0.3, 0.4) is 0 Å². The Kier molecular flexibility index (Phi) is 68.7. The Morgan fingerprint density at radius 2 is 0.420 bits per heavy atom. The van der Waals surface area contributed by atoms with E-state index in [0.29, 0.717) is 31.6 Å². The van der Waals surface area contributed by atoms with E-state index in [1.807, 2.05) is 0 Å². The molecule has 0 aromatic carbocycles. The van der Waals surface area contributed by atoms with Gasteiger partial charge in [-0.15, -0.1) is 0 Å². The average molecular weight is 1470 g/mol. The largest absolute Gasteiger partial charge is 0.472 e. The molecular formula is C81H158O17P2. The second-order valence-electron chi connectivity index (χ2n) is 31.1. The summed E-state index contributed by atoms with van der Waals surface area (Å²) in [6.45, 7) is 14.3. The third-order valence-corrected chi connectivity index (χ3v) is 20.7. The normalized spacial score (nSPS) is 14.0. The van der Waals surface area contributed by atoms with E-state index < -0.39 is 97.5 Å². The number of hydrogen-bond donors (Lipinski definition) is 3. The van der Waals surface area contributed by atoms with Crippen LogP contribution >= 0.6 is 15.6 Å². The number of aliphatic hydroxyl groups excluding tert-OH is 1.